The lowest BCUT2D eigenvalue weighted by molar-refractivity contribution is -0.113. The molecule has 1 amide bonds. The Bertz CT molecular complexity index is 1330. The lowest BCUT2D eigenvalue weighted by Gasteiger charge is -2.09. The Morgan fingerprint density at radius 3 is 2.54 bits per heavy atom. The van der Waals surface area contributed by atoms with Crippen LogP contribution in [-0.4, -0.2) is 39.0 Å². The summed E-state index contributed by atoms with van der Waals surface area (Å²) < 4.78 is 7.27. The average molecular weight is 507 g/mol. The van der Waals surface area contributed by atoms with Gasteiger partial charge in [-0.15, -0.1) is 21.5 Å². The molecular weight excluding hydrogens is 480 g/mol. The molecule has 0 aliphatic heterocycles. The third kappa shape index (κ3) is 5.63. The van der Waals surface area contributed by atoms with Crippen LogP contribution in [0.3, 0.4) is 0 Å². The van der Waals surface area contributed by atoms with Crippen LogP contribution in [0, 0.1) is 6.92 Å². The second-order valence-electron chi connectivity index (χ2n) is 7.70. The fourth-order valence-corrected chi connectivity index (χ4v) is 5.43. The standard InChI is InChI=1S/C26H26N4O3S2/c1-4-30-23(19-13-9-10-17(3)14-19)28-29-26(30)35-16-21(31)27-24-22(25(32)33-5-2)20(15-34-24)18-11-7-6-8-12-18/h6-15H,4-5,16H2,1-3H3,(H,27,31). The minimum absolute atomic E-state index is 0.132. The number of rotatable bonds is 9. The van der Waals surface area contributed by atoms with Gasteiger partial charge in [0.15, 0.2) is 11.0 Å². The Hall–Kier alpha value is -3.43. The zero-order chi connectivity index (χ0) is 24.8. The number of aryl methyl sites for hydroxylation is 1. The number of thiophene rings is 1. The van der Waals surface area contributed by atoms with E-state index in [0.717, 1.165) is 28.1 Å². The summed E-state index contributed by atoms with van der Waals surface area (Å²) in [6.07, 6.45) is 0. The molecule has 4 aromatic rings. The van der Waals surface area contributed by atoms with Crippen molar-refractivity contribution >= 4 is 40.0 Å². The summed E-state index contributed by atoms with van der Waals surface area (Å²) in [5.74, 6) is 0.218. The summed E-state index contributed by atoms with van der Waals surface area (Å²) in [5.41, 5.74) is 4.14. The van der Waals surface area contributed by atoms with E-state index in [9.17, 15) is 9.59 Å². The molecule has 180 valence electrons. The van der Waals surface area contributed by atoms with Crippen molar-refractivity contribution in [1.29, 1.82) is 0 Å². The van der Waals surface area contributed by atoms with Gasteiger partial charge in [0.05, 0.1) is 12.4 Å². The molecule has 2 aromatic heterocycles. The second kappa shape index (κ2) is 11.3. The fraction of sp³-hybridized carbons (Fsp3) is 0.231. The van der Waals surface area contributed by atoms with Crippen LogP contribution in [0.5, 0.6) is 0 Å². The van der Waals surface area contributed by atoms with Crippen molar-refractivity contribution in [2.45, 2.75) is 32.5 Å². The molecule has 0 aliphatic carbocycles. The minimum Gasteiger partial charge on any atom is -0.462 e. The highest BCUT2D eigenvalue weighted by molar-refractivity contribution is 7.99. The molecule has 0 saturated heterocycles. The molecule has 0 spiro atoms. The predicted molar refractivity (Wildman–Crippen MR) is 141 cm³/mol. The second-order valence-corrected chi connectivity index (χ2v) is 9.52. The summed E-state index contributed by atoms with van der Waals surface area (Å²) in [5, 5.41) is 14.6. The molecule has 9 heteroatoms. The number of esters is 1. The maximum Gasteiger partial charge on any atom is 0.341 e. The van der Waals surface area contributed by atoms with Crippen LogP contribution in [-0.2, 0) is 16.1 Å². The van der Waals surface area contributed by atoms with Crippen molar-refractivity contribution in [2.24, 2.45) is 0 Å². The van der Waals surface area contributed by atoms with E-state index in [4.69, 9.17) is 4.74 Å². The van der Waals surface area contributed by atoms with Gasteiger partial charge in [-0.25, -0.2) is 4.79 Å². The van der Waals surface area contributed by atoms with Gasteiger partial charge in [-0.2, -0.15) is 0 Å². The number of benzene rings is 2. The quantitative estimate of drug-likeness (QED) is 0.224. The largest absolute Gasteiger partial charge is 0.462 e. The van der Waals surface area contributed by atoms with E-state index in [-0.39, 0.29) is 18.3 Å². The molecule has 0 saturated carbocycles. The van der Waals surface area contributed by atoms with Gasteiger partial charge in [0.25, 0.3) is 0 Å². The van der Waals surface area contributed by atoms with Crippen molar-refractivity contribution in [3.8, 4) is 22.5 Å². The van der Waals surface area contributed by atoms with Crippen LogP contribution in [0.4, 0.5) is 5.00 Å². The molecule has 4 rings (SSSR count). The number of amides is 1. The van der Waals surface area contributed by atoms with Gasteiger partial charge in [-0.1, -0.05) is 65.9 Å². The Balaban J connectivity index is 1.51. The lowest BCUT2D eigenvalue weighted by atomic mass is 10.0. The van der Waals surface area contributed by atoms with E-state index in [2.05, 4.69) is 21.6 Å². The van der Waals surface area contributed by atoms with E-state index < -0.39 is 5.97 Å². The topological polar surface area (TPSA) is 86.1 Å². The molecule has 0 aliphatic rings. The molecule has 0 bridgehead atoms. The molecule has 0 fully saturated rings. The highest BCUT2D eigenvalue weighted by atomic mass is 32.2. The number of anilines is 1. The van der Waals surface area contributed by atoms with Crippen molar-refractivity contribution < 1.29 is 14.3 Å². The normalized spacial score (nSPS) is 10.8. The number of thioether (sulfide) groups is 1. The zero-order valence-corrected chi connectivity index (χ0v) is 21.4. The molecule has 35 heavy (non-hydrogen) atoms. The van der Waals surface area contributed by atoms with Crippen LogP contribution in [0.2, 0.25) is 0 Å². The van der Waals surface area contributed by atoms with E-state index in [1.165, 1.54) is 23.1 Å². The molecular formula is C26H26N4O3S2. The van der Waals surface area contributed by atoms with Crippen LogP contribution >= 0.6 is 23.1 Å². The SMILES string of the molecule is CCOC(=O)c1c(-c2ccccc2)csc1NC(=O)CSc1nnc(-c2cccc(C)c2)n1CC. The molecule has 0 unspecified atom stereocenters. The van der Waals surface area contributed by atoms with Crippen LogP contribution in [0.1, 0.15) is 29.8 Å². The maximum atomic E-state index is 12.9. The van der Waals surface area contributed by atoms with Crippen molar-refractivity contribution in [1.82, 2.24) is 14.8 Å². The highest BCUT2D eigenvalue weighted by Gasteiger charge is 2.23. The average Bonchev–Trinajstić information content (AvgIpc) is 3.47. The number of hydrogen-bond donors (Lipinski definition) is 1. The van der Waals surface area contributed by atoms with Crippen molar-refractivity contribution in [3.05, 3.63) is 71.1 Å². The van der Waals surface area contributed by atoms with Crippen LogP contribution < -0.4 is 5.32 Å². The van der Waals surface area contributed by atoms with Gasteiger partial charge >= 0.3 is 5.97 Å². The molecule has 2 aromatic carbocycles. The summed E-state index contributed by atoms with van der Waals surface area (Å²) in [6, 6.07) is 17.7. The first-order valence-electron chi connectivity index (χ1n) is 11.3. The summed E-state index contributed by atoms with van der Waals surface area (Å²) in [4.78, 5) is 25.6. The number of nitrogens with zero attached hydrogens (tertiary/aromatic N) is 3. The monoisotopic (exact) mass is 506 g/mol. The number of hydrogen-bond acceptors (Lipinski definition) is 7. The number of carbonyl (C=O) groups excluding carboxylic acids is 2. The third-order valence-electron chi connectivity index (χ3n) is 5.25. The number of nitrogens with one attached hydrogen (secondary N) is 1. The van der Waals surface area contributed by atoms with Crippen molar-refractivity contribution in [3.63, 3.8) is 0 Å². The summed E-state index contributed by atoms with van der Waals surface area (Å²) >= 11 is 2.62. The maximum absolute atomic E-state index is 12.9. The van der Waals surface area contributed by atoms with Gasteiger partial charge in [-0.05, 0) is 32.4 Å². The number of aromatic nitrogens is 3. The van der Waals surface area contributed by atoms with Gasteiger partial charge < -0.3 is 14.6 Å². The molecule has 7 nitrogen and oxygen atoms in total. The van der Waals surface area contributed by atoms with Gasteiger partial charge in [0, 0.05) is 23.1 Å². The third-order valence-corrected chi connectivity index (χ3v) is 7.11. The first-order valence-corrected chi connectivity index (χ1v) is 13.1. The van der Waals surface area contributed by atoms with E-state index >= 15 is 0 Å². The molecule has 1 N–H and O–H groups in total. The Morgan fingerprint density at radius 2 is 1.83 bits per heavy atom. The highest BCUT2D eigenvalue weighted by Crippen LogP contribution is 2.36. The van der Waals surface area contributed by atoms with E-state index in [1.54, 1.807) is 6.92 Å². The molecule has 2 heterocycles. The smallest absolute Gasteiger partial charge is 0.341 e. The molecule has 0 atom stereocenters. The Labute approximate surface area is 212 Å². The first kappa shape index (κ1) is 24.7. The van der Waals surface area contributed by atoms with E-state index in [1.807, 2.05) is 72.3 Å². The fourth-order valence-electron chi connectivity index (χ4n) is 3.66. The van der Waals surface area contributed by atoms with Crippen molar-refractivity contribution in [2.75, 3.05) is 17.7 Å². The minimum atomic E-state index is -0.455. The molecule has 0 radical (unpaired) electrons. The Morgan fingerprint density at radius 1 is 1.06 bits per heavy atom. The number of ether oxygens (including phenoxy) is 1. The lowest BCUT2D eigenvalue weighted by Crippen LogP contribution is -2.16. The zero-order valence-electron chi connectivity index (χ0n) is 19.8. The number of carbonyl (C=O) groups is 2. The predicted octanol–water partition coefficient (Wildman–Crippen LogP) is 5.91. The van der Waals surface area contributed by atoms with Crippen LogP contribution in [0.25, 0.3) is 22.5 Å². The van der Waals surface area contributed by atoms with Crippen LogP contribution in [0.15, 0.2) is 65.1 Å². The van der Waals surface area contributed by atoms with Gasteiger partial charge in [0.2, 0.25) is 5.91 Å². The first-order chi connectivity index (χ1) is 17.0. The summed E-state index contributed by atoms with van der Waals surface area (Å²) in [6.45, 7) is 6.75. The van der Waals surface area contributed by atoms with E-state index in [0.29, 0.717) is 22.3 Å². The summed E-state index contributed by atoms with van der Waals surface area (Å²) in [7, 11) is 0. The Kier molecular flexibility index (Phi) is 7.99. The van der Waals surface area contributed by atoms with Gasteiger partial charge in [-0.3, -0.25) is 4.79 Å². The van der Waals surface area contributed by atoms with Gasteiger partial charge in [0.1, 0.15) is 10.6 Å².